The zero-order valence-electron chi connectivity index (χ0n) is 10.3. The van der Waals surface area contributed by atoms with Gasteiger partial charge < -0.3 is 10.1 Å². The first kappa shape index (κ1) is 12.6. The van der Waals surface area contributed by atoms with Crippen molar-refractivity contribution in [3.8, 4) is 0 Å². The Balaban J connectivity index is 2.75. The summed E-state index contributed by atoms with van der Waals surface area (Å²) in [5, 5.41) is 3.17. The van der Waals surface area contributed by atoms with Crippen molar-refractivity contribution >= 4 is 11.7 Å². The molecule has 1 rings (SSSR count). The van der Waals surface area contributed by atoms with Gasteiger partial charge in [0.05, 0.1) is 6.61 Å². The Morgan fingerprint density at radius 1 is 1.44 bits per heavy atom. The lowest BCUT2D eigenvalue weighted by atomic mass is 10.1. The normalized spacial score (nSPS) is 11.0. The Morgan fingerprint density at radius 3 is 2.69 bits per heavy atom. The van der Waals surface area contributed by atoms with E-state index in [1.54, 1.807) is 6.92 Å². The minimum atomic E-state index is -0.705. The fourth-order valence-corrected chi connectivity index (χ4v) is 1.45. The molecule has 0 radical (unpaired) electrons. The molecule has 0 saturated carbocycles. The van der Waals surface area contributed by atoms with E-state index in [0.29, 0.717) is 6.61 Å². The molecule has 1 N–H and O–H groups in total. The summed E-state index contributed by atoms with van der Waals surface area (Å²) in [6, 6.07) is 7.91. The Labute approximate surface area is 96.8 Å². The second-order valence-electron chi connectivity index (χ2n) is 4.34. The van der Waals surface area contributed by atoms with Gasteiger partial charge in [-0.05, 0) is 45.4 Å². The van der Waals surface area contributed by atoms with Crippen LogP contribution in [-0.2, 0) is 9.53 Å². The summed E-state index contributed by atoms with van der Waals surface area (Å²) in [4.78, 5) is 11.7. The van der Waals surface area contributed by atoms with Crippen LogP contribution in [-0.4, -0.2) is 18.1 Å². The number of carbonyl (C=O) groups excluding carboxylic acids is 1. The van der Waals surface area contributed by atoms with Gasteiger partial charge in [0.15, 0.2) is 0 Å². The summed E-state index contributed by atoms with van der Waals surface area (Å²) in [7, 11) is 0. The lowest BCUT2D eigenvalue weighted by molar-refractivity contribution is -0.147. The largest absolute Gasteiger partial charge is 0.464 e. The molecule has 0 aliphatic rings. The standard InChI is InChI=1S/C13H19NO2/c1-5-16-12(15)13(3,4)14-11-8-6-7-10(2)9-11/h6-9,14H,5H2,1-4H3. The first-order valence-corrected chi connectivity index (χ1v) is 5.48. The second kappa shape index (κ2) is 5.01. The van der Waals surface area contributed by atoms with Crippen LogP contribution < -0.4 is 5.32 Å². The minimum absolute atomic E-state index is 0.239. The van der Waals surface area contributed by atoms with Gasteiger partial charge in [-0.2, -0.15) is 0 Å². The predicted molar refractivity (Wildman–Crippen MR) is 65.5 cm³/mol. The van der Waals surface area contributed by atoms with Crippen LogP contribution in [0.3, 0.4) is 0 Å². The van der Waals surface area contributed by atoms with E-state index in [-0.39, 0.29) is 5.97 Å². The van der Waals surface area contributed by atoms with Crippen LogP contribution >= 0.6 is 0 Å². The molecule has 0 spiro atoms. The van der Waals surface area contributed by atoms with Crippen molar-refractivity contribution in [3.05, 3.63) is 29.8 Å². The predicted octanol–water partition coefficient (Wildman–Crippen LogP) is 2.75. The molecule has 88 valence electrons. The summed E-state index contributed by atoms with van der Waals surface area (Å²) in [6.07, 6.45) is 0. The molecule has 1 aromatic rings. The number of nitrogens with one attached hydrogen (secondary N) is 1. The first-order valence-electron chi connectivity index (χ1n) is 5.48. The highest BCUT2D eigenvalue weighted by Gasteiger charge is 2.28. The highest BCUT2D eigenvalue weighted by Crippen LogP contribution is 2.17. The fraction of sp³-hybridized carbons (Fsp3) is 0.462. The van der Waals surface area contributed by atoms with Crippen LogP contribution in [0.15, 0.2) is 24.3 Å². The fourth-order valence-electron chi connectivity index (χ4n) is 1.45. The number of aryl methyl sites for hydroxylation is 1. The third kappa shape index (κ3) is 3.26. The summed E-state index contributed by atoms with van der Waals surface area (Å²) in [6.45, 7) is 7.85. The van der Waals surface area contributed by atoms with E-state index in [4.69, 9.17) is 4.74 Å². The van der Waals surface area contributed by atoms with Crippen molar-refractivity contribution in [1.82, 2.24) is 0 Å². The molecule has 0 fully saturated rings. The summed E-state index contributed by atoms with van der Waals surface area (Å²) >= 11 is 0. The second-order valence-corrected chi connectivity index (χ2v) is 4.34. The molecular formula is C13H19NO2. The summed E-state index contributed by atoms with van der Waals surface area (Å²) in [5.41, 5.74) is 1.38. The average molecular weight is 221 g/mol. The van der Waals surface area contributed by atoms with Gasteiger partial charge in [0.25, 0.3) is 0 Å². The highest BCUT2D eigenvalue weighted by molar-refractivity contribution is 5.83. The van der Waals surface area contributed by atoms with Crippen molar-refractivity contribution in [2.45, 2.75) is 33.2 Å². The quantitative estimate of drug-likeness (QED) is 0.794. The number of benzene rings is 1. The number of anilines is 1. The van der Waals surface area contributed by atoms with Crippen LogP contribution in [0.5, 0.6) is 0 Å². The number of hydrogen-bond acceptors (Lipinski definition) is 3. The number of hydrogen-bond donors (Lipinski definition) is 1. The number of rotatable bonds is 4. The van der Waals surface area contributed by atoms with Crippen LogP contribution in [0.25, 0.3) is 0 Å². The van der Waals surface area contributed by atoms with Crippen molar-refractivity contribution in [2.24, 2.45) is 0 Å². The van der Waals surface area contributed by atoms with E-state index in [9.17, 15) is 4.79 Å². The van der Waals surface area contributed by atoms with Gasteiger partial charge in [0.2, 0.25) is 0 Å². The third-order valence-corrected chi connectivity index (χ3v) is 2.26. The topological polar surface area (TPSA) is 38.3 Å². The molecule has 0 aliphatic heterocycles. The summed E-state index contributed by atoms with van der Waals surface area (Å²) in [5.74, 6) is -0.239. The molecule has 0 aliphatic carbocycles. The van der Waals surface area contributed by atoms with Gasteiger partial charge in [0, 0.05) is 5.69 Å². The molecule has 0 atom stereocenters. The Kier molecular flexibility index (Phi) is 3.93. The van der Waals surface area contributed by atoms with Crippen LogP contribution in [0.2, 0.25) is 0 Å². The SMILES string of the molecule is CCOC(=O)C(C)(C)Nc1cccc(C)c1. The lowest BCUT2D eigenvalue weighted by Crippen LogP contribution is -2.41. The molecule has 0 saturated heterocycles. The molecule has 3 heteroatoms. The molecule has 0 amide bonds. The molecule has 0 aromatic heterocycles. The van der Waals surface area contributed by atoms with Gasteiger partial charge in [-0.15, -0.1) is 0 Å². The molecule has 0 bridgehead atoms. The van der Waals surface area contributed by atoms with Gasteiger partial charge >= 0.3 is 5.97 Å². The maximum Gasteiger partial charge on any atom is 0.331 e. The zero-order chi connectivity index (χ0) is 12.2. The first-order chi connectivity index (χ1) is 7.45. The van der Waals surface area contributed by atoms with Crippen molar-refractivity contribution in [2.75, 3.05) is 11.9 Å². The Hall–Kier alpha value is -1.51. The van der Waals surface area contributed by atoms with Gasteiger partial charge in [-0.3, -0.25) is 0 Å². The number of esters is 1. The van der Waals surface area contributed by atoms with Crippen LogP contribution in [0, 0.1) is 6.92 Å². The number of ether oxygens (including phenoxy) is 1. The minimum Gasteiger partial charge on any atom is -0.464 e. The maximum absolute atomic E-state index is 11.7. The smallest absolute Gasteiger partial charge is 0.331 e. The van der Waals surface area contributed by atoms with Crippen molar-refractivity contribution in [3.63, 3.8) is 0 Å². The zero-order valence-corrected chi connectivity index (χ0v) is 10.3. The molecule has 16 heavy (non-hydrogen) atoms. The lowest BCUT2D eigenvalue weighted by Gasteiger charge is -2.25. The molecular weight excluding hydrogens is 202 g/mol. The average Bonchev–Trinajstić information content (AvgIpc) is 2.17. The highest BCUT2D eigenvalue weighted by atomic mass is 16.5. The monoisotopic (exact) mass is 221 g/mol. The third-order valence-electron chi connectivity index (χ3n) is 2.26. The maximum atomic E-state index is 11.7. The van der Waals surface area contributed by atoms with E-state index in [0.717, 1.165) is 11.3 Å². The van der Waals surface area contributed by atoms with Gasteiger partial charge in [-0.1, -0.05) is 12.1 Å². The van der Waals surface area contributed by atoms with Crippen LogP contribution in [0.1, 0.15) is 26.3 Å². The van der Waals surface area contributed by atoms with E-state index in [2.05, 4.69) is 5.32 Å². The Morgan fingerprint density at radius 2 is 2.12 bits per heavy atom. The molecule has 1 aromatic carbocycles. The van der Waals surface area contributed by atoms with E-state index in [1.165, 1.54) is 0 Å². The molecule has 3 nitrogen and oxygen atoms in total. The van der Waals surface area contributed by atoms with Crippen molar-refractivity contribution < 1.29 is 9.53 Å². The van der Waals surface area contributed by atoms with Crippen molar-refractivity contribution in [1.29, 1.82) is 0 Å². The molecule has 0 unspecified atom stereocenters. The van der Waals surface area contributed by atoms with E-state index < -0.39 is 5.54 Å². The number of carbonyl (C=O) groups is 1. The summed E-state index contributed by atoms with van der Waals surface area (Å²) < 4.78 is 5.01. The Bertz CT molecular complexity index is 372. The van der Waals surface area contributed by atoms with Gasteiger partial charge in [-0.25, -0.2) is 4.79 Å². The van der Waals surface area contributed by atoms with E-state index >= 15 is 0 Å². The van der Waals surface area contributed by atoms with Crippen LogP contribution in [0.4, 0.5) is 5.69 Å². The van der Waals surface area contributed by atoms with E-state index in [1.807, 2.05) is 45.0 Å². The van der Waals surface area contributed by atoms with Gasteiger partial charge in [0.1, 0.15) is 5.54 Å². The molecule has 0 heterocycles.